The first-order valence-corrected chi connectivity index (χ1v) is 26.0. The fourth-order valence-corrected chi connectivity index (χ4v) is 12.0. The number of benzene rings is 12. The molecule has 0 fully saturated rings. The van der Waals surface area contributed by atoms with Crippen LogP contribution >= 0.6 is 0 Å². The molecule has 0 saturated carbocycles. The molecule has 0 saturated heterocycles. The van der Waals surface area contributed by atoms with Crippen LogP contribution in [0.3, 0.4) is 0 Å². The molecule has 0 amide bonds. The molecular formula is C72H47N3. The molecule has 0 atom stereocenters. The van der Waals surface area contributed by atoms with Gasteiger partial charge in [0, 0.05) is 22.0 Å². The summed E-state index contributed by atoms with van der Waals surface area (Å²) in [5, 5.41) is 14.6. The zero-order chi connectivity index (χ0) is 49.4. The van der Waals surface area contributed by atoms with Gasteiger partial charge in [0.05, 0.1) is 16.7 Å². The number of pyridine rings is 1. The lowest BCUT2D eigenvalue weighted by molar-refractivity contribution is 1.08. The van der Waals surface area contributed by atoms with E-state index in [4.69, 9.17) is 9.97 Å². The Morgan fingerprint density at radius 1 is 0.293 bits per heavy atom. The Hall–Kier alpha value is -9.70. The fraction of sp³-hybridized carbons (Fsp3) is 0.0278. The van der Waals surface area contributed by atoms with E-state index in [0.29, 0.717) is 0 Å². The number of imidazole rings is 1. The van der Waals surface area contributed by atoms with Gasteiger partial charge in [0.2, 0.25) is 0 Å². The van der Waals surface area contributed by atoms with Crippen LogP contribution in [-0.2, 0) is 0 Å². The summed E-state index contributed by atoms with van der Waals surface area (Å²) in [7, 11) is 0. The Kier molecular flexibility index (Phi) is 10.0. The van der Waals surface area contributed by atoms with Crippen LogP contribution in [0.2, 0.25) is 0 Å². The molecule has 14 aromatic rings. The van der Waals surface area contributed by atoms with Crippen LogP contribution < -0.4 is 10.4 Å². The van der Waals surface area contributed by atoms with E-state index < -0.39 is 0 Å². The van der Waals surface area contributed by atoms with E-state index in [1.54, 1.807) is 0 Å². The van der Waals surface area contributed by atoms with Crippen molar-refractivity contribution in [2.24, 2.45) is 0 Å². The van der Waals surface area contributed by atoms with Crippen molar-refractivity contribution in [3.05, 3.63) is 259 Å². The van der Waals surface area contributed by atoms with Crippen molar-refractivity contribution in [2.75, 3.05) is 0 Å². The summed E-state index contributed by atoms with van der Waals surface area (Å²) in [5.41, 5.74) is 15.4. The van der Waals surface area contributed by atoms with Crippen LogP contribution in [0, 0.1) is 0 Å². The van der Waals surface area contributed by atoms with Gasteiger partial charge in [-0.05, 0) is 153 Å². The number of nitrogens with zero attached hydrogens (tertiary/aromatic N) is 3. The second-order valence-corrected chi connectivity index (χ2v) is 19.9. The highest BCUT2D eigenvalue weighted by atomic mass is 15.1. The summed E-state index contributed by atoms with van der Waals surface area (Å²) in [4.78, 5) is 11.1. The van der Waals surface area contributed by atoms with Crippen LogP contribution in [0.4, 0.5) is 0 Å². The number of hydrogen-bond donors (Lipinski definition) is 0. The number of rotatable bonds is 7. The Balaban J connectivity index is 0.925. The van der Waals surface area contributed by atoms with Gasteiger partial charge in [-0.25, -0.2) is 9.97 Å². The Morgan fingerprint density at radius 2 is 0.813 bits per heavy atom. The van der Waals surface area contributed by atoms with Crippen LogP contribution in [0.1, 0.15) is 12.8 Å². The molecule has 12 aromatic carbocycles. The van der Waals surface area contributed by atoms with E-state index in [0.717, 1.165) is 63.1 Å². The second kappa shape index (κ2) is 17.5. The van der Waals surface area contributed by atoms with E-state index in [1.165, 1.54) is 98.0 Å². The lowest BCUT2D eigenvalue weighted by Crippen LogP contribution is -2.26. The normalized spacial score (nSPS) is 12.4. The molecule has 1 aliphatic rings. The highest BCUT2D eigenvalue weighted by Crippen LogP contribution is 2.46. The standard InChI is InChI=1S/C72H47N3/c1-2-19-57(20-3-1)75-71-64-26-13-9-22-59(64)58-21-8-12-25-63(58)70(71)74-72(75)67-28-14-27-66(73-67)56-41-42-62-65(45-56)69(51-37-31-49(32-38-51)55-40-34-47-16-5-7-18-53(47)44-55)61-24-11-10-23-60(61)68(62)50-35-29-48(30-36-50)54-39-33-46-15-4-6-17-52(46)43-54/h1-3,5,7-45H,4,6H2. The molecule has 75 heavy (non-hydrogen) atoms. The van der Waals surface area contributed by atoms with Gasteiger partial charge in [0.15, 0.2) is 5.82 Å². The maximum atomic E-state index is 5.55. The largest absolute Gasteiger partial charge is 0.290 e. The molecule has 2 heterocycles. The molecule has 1 aliphatic carbocycles. The zero-order valence-electron chi connectivity index (χ0n) is 41.1. The molecule has 15 rings (SSSR count). The maximum Gasteiger partial charge on any atom is 0.164 e. The number of hydrogen-bond acceptors (Lipinski definition) is 2. The van der Waals surface area contributed by atoms with Crippen molar-refractivity contribution in [1.29, 1.82) is 0 Å². The summed E-state index contributed by atoms with van der Waals surface area (Å²) in [5.74, 6) is 0.802. The first-order valence-electron chi connectivity index (χ1n) is 26.0. The molecule has 0 bridgehead atoms. The maximum absolute atomic E-state index is 5.55. The molecule has 0 aliphatic heterocycles. The quantitative estimate of drug-likeness (QED) is 0.118. The third kappa shape index (κ3) is 7.19. The van der Waals surface area contributed by atoms with Crippen molar-refractivity contribution in [2.45, 2.75) is 12.8 Å². The van der Waals surface area contributed by atoms with E-state index in [2.05, 4.69) is 265 Å². The van der Waals surface area contributed by atoms with Gasteiger partial charge in [0.1, 0.15) is 5.69 Å². The van der Waals surface area contributed by atoms with Gasteiger partial charge < -0.3 is 0 Å². The third-order valence-corrected chi connectivity index (χ3v) is 15.6. The number of fused-ring (bicyclic) bond motifs is 10. The Bertz CT molecular complexity index is 4740. The molecule has 0 spiro atoms. The Labute approximate surface area is 434 Å². The highest BCUT2D eigenvalue weighted by molar-refractivity contribution is 6.25. The van der Waals surface area contributed by atoms with E-state index >= 15 is 0 Å². The molecule has 3 nitrogen and oxygen atoms in total. The summed E-state index contributed by atoms with van der Waals surface area (Å²) in [6.07, 6.45) is 6.92. The first kappa shape index (κ1) is 42.9. The van der Waals surface area contributed by atoms with E-state index in [9.17, 15) is 0 Å². The summed E-state index contributed by atoms with van der Waals surface area (Å²) >= 11 is 0. The second-order valence-electron chi connectivity index (χ2n) is 19.9. The highest BCUT2D eigenvalue weighted by Gasteiger charge is 2.23. The van der Waals surface area contributed by atoms with E-state index in [1.807, 2.05) is 0 Å². The topological polar surface area (TPSA) is 30.7 Å². The summed E-state index contributed by atoms with van der Waals surface area (Å²) < 4.78 is 2.31. The number of aromatic nitrogens is 3. The van der Waals surface area contributed by atoms with Crippen LogP contribution in [0.5, 0.6) is 0 Å². The monoisotopic (exact) mass is 953 g/mol. The lowest BCUT2D eigenvalue weighted by Gasteiger charge is -2.19. The lowest BCUT2D eigenvalue weighted by atomic mass is 9.84. The van der Waals surface area contributed by atoms with E-state index in [-0.39, 0.29) is 0 Å². The predicted molar refractivity (Wildman–Crippen MR) is 316 cm³/mol. The summed E-state index contributed by atoms with van der Waals surface area (Å²) in [6.45, 7) is 0. The van der Waals surface area contributed by atoms with Crippen molar-refractivity contribution < 1.29 is 0 Å². The number of para-hydroxylation sites is 1. The summed E-state index contributed by atoms with van der Waals surface area (Å²) in [6, 6.07) is 90.8. The molecule has 350 valence electrons. The first-order chi connectivity index (χ1) is 37.2. The van der Waals surface area contributed by atoms with Crippen LogP contribution in [-0.4, -0.2) is 14.5 Å². The average molecular weight is 954 g/mol. The van der Waals surface area contributed by atoms with Crippen molar-refractivity contribution in [3.63, 3.8) is 0 Å². The third-order valence-electron chi connectivity index (χ3n) is 15.6. The van der Waals surface area contributed by atoms with Gasteiger partial charge in [-0.2, -0.15) is 0 Å². The molecule has 2 aromatic heterocycles. The molecule has 0 radical (unpaired) electrons. The molecule has 0 unspecified atom stereocenters. The predicted octanol–water partition coefficient (Wildman–Crippen LogP) is 17.5. The fourth-order valence-electron chi connectivity index (χ4n) is 12.0. The smallest absolute Gasteiger partial charge is 0.164 e. The van der Waals surface area contributed by atoms with Crippen molar-refractivity contribution in [3.8, 4) is 73.0 Å². The SMILES string of the molecule is C1=c2ccc(-c3ccc(-c4c5ccccc5c(-c5ccc(-c6ccc7ccccc7c6)cc5)c5cc(-c6cccc(-c7nc8c9ccccc9c9ccccc9c8n7-c7ccccc7)n6)ccc45)cc3)cc2=CCC1. The van der Waals surface area contributed by atoms with Gasteiger partial charge in [-0.1, -0.05) is 218 Å². The van der Waals surface area contributed by atoms with Gasteiger partial charge >= 0.3 is 0 Å². The minimum atomic E-state index is 0.802. The van der Waals surface area contributed by atoms with Gasteiger partial charge in [-0.3, -0.25) is 4.57 Å². The van der Waals surface area contributed by atoms with Gasteiger partial charge in [0.25, 0.3) is 0 Å². The minimum absolute atomic E-state index is 0.802. The van der Waals surface area contributed by atoms with Crippen molar-refractivity contribution >= 4 is 77.0 Å². The zero-order valence-corrected chi connectivity index (χ0v) is 41.1. The molecule has 3 heteroatoms. The van der Waals surface area contributed by atoms with Crippen molar-refractivity contribution in [1.82, 2.24) is 14.5 Å². The Morgan fingerprint density at radius 3 is 1.55 bits per heavy atom. The van der Waals surface area contributed by atoms with Gasteiger partial charge in [-0.15, -0.1) is 0 Å². The minimum Gasteiger partial charge on any atom is -0.290 e. The molecule has 0 N–H and O–H groups in total. The average Bonchev–Trinajstić information content (AvgIpc) is 3.96. The molecular weight excluding hydrogens is 907 g/mol. The van der Waals surface area contributed by atoms with Crippen LogP contribution in [0.25, 0.3) is 150 Å². The van der Waals surface area contributed by atoms with Crippen LogP contribution in [0.15, 0.2) is 249 Å².